The number of rotatable bonds is 9. The average molecular weight is 1020 g/mol. The summed E-state index contributed by atoms with van der Waals surface area (Å²) in [5, 5.41) is 12.6. The van der Waals surface area contributed by atoms with E-state index in [0.29, 0.717) is 0 Å². The molecule has 0 nitrogen and oxygen atoms in total. The van der Waals surface area contributed by atoms with Gasteiger partial charge in [0.2, 0.25) is 0 Å². The molecule has 0 fully saturated rings. The van der Waals surface area contributed by atoms with Gasteiger partial charge in [-0.2, -0.15) is 0 Å². The quantitative estimate of drug-likeness (QED) is 0.0998. The third-order valence-corrected chi connectivity index (χ3v) is 16.5. The van der Waals surface area contributed by atoms with Crippen molar-refractivity contribution in [1.29, 1.82) is 0 Å². The molecule has 0 amide bonds. The molecule has 0 spiro atoms. The molecule has 0 aromatic heterocycles. The largest absolute Gasteiger partial charge is 0.0622 e. The second-order valence-electron chi connectivity index (χ2n) is 13.0. The van der Waals surface area contributed by atoms with Crippen LogP contribution in [0.15, 0.2) is 273 Å². The van der Waals surface area contributed by atoms with Crippen LogP contribution in [0.5, 0.6) is 0 Å². The summed E-state index contributed by atoms with van der Waals surface area (Å²) in [6.45, 7) is 0. The molecule has 9 aromatic carbocycles. The van der Waals surface area contributed by atoms with E-state index in [1.807, 2.05) is 0 Å². The molecule has 0 saturated carbocycles. The molecule has 0 aliphatic carbocycles. The Balaban J connectivity index is 0.000000146. The van der Waals surface area contributed by atoms with Gasteiger partial charge in [0, 0.05) is 0 Å². The molecule has 0 saturated heterocycles. The van der Waals surface area contributed by atoms with Crippen LogP contribution in [0.3, 0.4) is 0 Å². The molecule has 59 heavy (non-hydrogen) atoms. The van der Waals surface area contributed by atoms with Gasteiger partial charge in [-0.15, -0.1) is 0 Å². The molecule has 0 heterocycles. The predicted octanol–water partition coefficient (Wildman–Crippen LogP) is 11.0. The maximum Gasteiger partial charge on any atom is -0.0134 e. The molecule has 0 radical (unpaired) electrons. The molecule has 0 unspecified atom stereocenters. The Morgan fingerprint density at radius 1 is 0.169 bits per heavy atom. The number of hydrogen-bond donors (Lipinski definition) is 0. The van der Waals surface area contributed by atoms with Gasteiger partial charge in [0.05, 0.1) is 0 Å². The van der Waals surface area contributed by atoms with Crippen molar-refractivity contribution in [2.75, 3.05) is 0 Å². The standard InChI is InChI=1S/3C18H15P.Au.ClH/c3*1-4-10-16(11-5-1)19(17-12-6-2-7-13-17)18-14-8-3-9-15-18;;/h3*1-15H;;1H/q;;;+1;/p-1. The summed E-state index contributed by atoms with van der Waals surface area (Å²) >= 11 is 1.75. The van der Waals surface area contributed by atoms with Crippen molar-refractivity contribution in [3.05, 3.63) is 273 Å². The van der Waals surface area contributed by atoms with Crippen LogP contribution >= 0.6 is 33.0 Å². The van der Waals surface area contributed by atoms with Gasteiger partial charge >= 0.3 is 29.2 Å². The normalized spacial score (nSPS) is 10.3. The van der Waals surface area contributed by atoms with Crippen molar-refractivity contribution in [3.8, 4) is 0 Å². The molecular formula is C54H45AuClP3. The van der Waals surface area contributed by atoms with E-state index in [0.717, 1.165) is 0 Å². The second-order valence-corrected chi connectivity index (χ2v) is 19.7. The Kier molecular flexibility index (Phi) is 18.6. The van der Waals surface area contributed by atoms with E-state index >= 15 is 0 Å². The van der Waals surface area contributed by atoms with Gasteiger partial charge in [0.25, 0.3) is 0 Å². The van der Waals surface area contributed by atoms with E-state index in [2.05, 4.69) is 282 Å². The Bertz CT molecular complexity index is 1870. The fraction of sp³-hybridized carbons (Fsp3) is 0. The van der Waals surface area contributed by atoms with Crippen LogP contribution < -0.4 is 47.7 Å². The van der Waals surface area contributed by atoms with E-state index in [1.54, 1.807) is 20.0 Å². The molecule has 0 atom stereocenters. The topological polar surface area (TPSA) is 0 Å². The van der Waals surface area contributed by atoms with Gasteiger partial charge < -0.3 is 0 Å². The van der Waals surface area contributed by atoms with Crippen LogP contribution in [0.2, 0.25) is 0 Å². The van der Waals surface area contributed by atoms with E-state index in [-0.39, 0.29) is 0 Å². The first-order valence-corrected chi connectivity index (χ1v) is 26.0. The van der Waals surface area contributed by atoms with Gasteiger partial charge in [-0.3, -0.25) is 0 Å². The first-order chi connectivity index (χ1) is 29.3. The number of hydrogen-bond acceptors (Lipinski definition) is 0. The molecule has 0 aliphatic rings. The van der Waals surface area contributed by atoms with Gasteiger partial charge in [-0.1, -0.05) is 273 Å². The van der Waals surface area contributed by atoms with E-state index < -0.39 is 23.8 Å². The SMILES string of the molecule is [Cl][Au].c1ccc(P(c2ccccc2)c2ccccc2)cc1.c1ccc(P(c2ccccc2)c2ccccc2)cc1.c1ccc(P(c2ccccc2)c2ccccc2)cc1. The van der Waals surface area contributed by atoms with Gasteiger partial charge in [0.15, 0.2) is 0 Å². The van der Waals surface area contributed by atoms with Crippen molar-refractivity contribution in [2.45, 2.75) is 0 Å². The van der Waals surface area contributed by atoms with Crippen molar-refractivity contribution >= 4 is 80.7 Å². The van der Waals surface area contributed by atoms with Crippen LogP contribution in [-0.2, 0) is 20.0 Å². The maximum absolute atomic E-state index is 4.58. The van der Waals surface area contributed by atoms with E-state index in [4.69, 9.17) is 0 Å². The minimum atomic E-state index is -0.446. The average Bonchev–Trinajstić information content (AvgIpc) is 3.34. The van der Waals surface area contributed by atoms with Crippen LogP contribution in [-0.4, -0.2) is 0 Å². The smallest absolute Gasteiger partial charge is 0.0134 e. The van der Waals surface area contributed by atoms with Gasteiger partial charge in [-0.25, -0.2) is 0 Å². The first-order valence-electron chi connectivity index (χ1n) is 19.3. The molecule has 9 aromatic rings. The monoisotopic (exact) mass is 1020 g/mol. The van der Waals surface area contributed by atoms with Crippen LogP contribution in [0.4, 0.5) is 0 Å². The zero-order chi connectivity index (χ0) is 40.7. The molecule has 0 bridgehead atoms. The summed E-state index contributed by atoms with van der Waals surface area (Å²) < 4.78 is 0. The van der Waals surface area contributed by atoms with E-state index in [1.165, 1.54) is 47.7 Å². The Morgan fingerprint density at radius 3 is 0.339 bits per heavy atom. The van der Waals surface area contributed by atoms with Gasteiger partial charge in [-0.05, 0) is 71.5 Å². The fourth-order valence-corrected chi connectivity index (χ4v) is 13.5. The minimum Gasteiger partial charge on any atom is -0.0622 e. The van der Waals surface area contributed by atoms with Crippen molar-refractivity contribution in [2.24, 2.45) is 0 Å². The second kappa shape index (κ2) is 25.0. The summed E-state index contributed by atoms with van der Waals surface area (Å²) in [4.78, 5) is 0. The van der Waals surface area contributed by atoms with Crippen molar-refractivity contribution in [3.63, 3.8) is 0 Å². The maximum atomic E-state index is 4.58. The molecule has 0 N–H and O–H groups in total. The van der Waals surface area contributed by atoms with Crippen LogP contribution in [0, 0.1) is 0 Å². The Labute approximate surface area is 371 Å². The molecular weight excluding hydrogens is 974 g/mol. The zero-order valence-electron chi connectivity index (χ0n) is 32.5. The first kappa shape index (κ1) is 43.9. The number of benzene rings is 9. The van der Waals surface area contributed by atoms with Crippen LogP contribution in [0.25, 0.3) is 0 Å². The molecule has 0 aliphatic heterocycles. The summed E-state index contributed by atoms with van der Waals surface area (Å²) in [5.41, 5.74) is 0. The van der Waals surface area contributed by atoms with Gasteiger partial charge in [0.1, 0.15) is 0 Å². The summed E-state index contributed by atoms with van der Waals surface area (Å²) in [5.74, 6) is 0. The summed E-state index contributed by atoms with van der Waals surface area (Å²) in [6.07, 6.45) is 0. The van der Waals surface area contributed by atoms with E-state index in [9.17, 15) is 0 Å². The third-order valence-electron chi connectivity index (χ3n) is 9.13. The molecule has 294 valence electrons. The Morgan fingerprint density at radius 2 is 0.254 bits per heavy atom. The Hall–Kier alpha value is -4.70. The number of halogens is 1. The predicted molar refractivity (Wildman–Crippen MR) is 261 cm³/mol. The summed E-state index contributed by atoms with van der Waals surface area (Å²) in [6, 6.07) is 97.0. The molecule has 9 rings (SSSR count). The fourth-order valence-electron chi connectivity index (χ4n) is 6.54. The zero-order valence-corrected chi connectivity index (χ0v) is 38.1. The van der Waals surface area contributed by atoms with Crippen molar-refractivity contribution < 1.29 is 20.0 Å². The summed E-state index contributed by atoms with van der Waals surface area (Å²) in [7, 11) is 3.25. The van der Waals surface area contributed by atoms with Crippen molar-refractivity contribution in [1.82, 2.24) is 0 Å². The van der Waals surface area contributed by atoms with Crippen LogP contribution in [0.1, 0.15) is 0 Å². The third kappa shape index (κ3) is 13.1. The molecule has 5 heteroatoms. The minimum absolute atomic E-state index is 0.446.